The fourth-order valence-corrected chi connectivity index (χ4v) is 2.89. The first-order valence-corrected chi connectivity index (χ1v) is 8.97. The Balaban J connectivity index is 1.94. The minimum atomic E-state index is 0.589. The number of nitrogens with two attached hydrogens (primary N) is 1. The Bertz CT molecular complexity index is 844. The highest BCUT2D eigenvalue weighted by Crippen LogP contribution is 2.21. The van der Waals surface area contributed by atoms with Crippen molar-refractivity contribution in [2.75, 3.05) is 29.0 Å². The van der Waals surface area contributed by atoms with Gasteiger partial charge in [0.2, 0.25) is 5.95 Å². The number of hydrogen-bond acceptors (Lipinski definition) is 5. The lowest BCUT2D eigenvalue weighted by Crippen LogP contribution is -2.23. The topological polar surface area (TPSA) is 67.1 Å². The number of rotatable bonds is 7. The summed E-state index contributed by atoms with van der Waals surface area (Å²) in [6.07, 6.45) is 0.767. The Morgan fingerprint density at radius 1 is 0.923 bits per heavy atom. The van der Waals surface area contributed by atoms with E-state index in [2.05, 4.69) is 42.3 Å². The van der Waals surface area contributed by atoms with Gasteiger partial charge >= 0.3 is 0 Å². The number of nitrogens with zero attached hydrogens (tertiary/aromatic N) is 3. The summed E-state index contributed by atoms with van der Waals surface area (Å²) in [5, 5.41) is 3.29. The number of hydrogen-bond donors (Lipinski definition) is 2. The van der Waals surface area contributed by atoms with E-state index in [1.165, 1.54) is 5.56 Å². The quantitative estimate of drug-likeness (QED) is 0.626. The molecule has 2 aromatic carbocycles. The summed E-state index contributed by atoms with van der Waals surface area (Å²) in [5.41, 5.74) is 9.68. The summed E-state index contributed by atoms with van der Waals surface area (Å²) in [6.45, 7) is 6.06. The summed E-state index contributed by atoms with van der Waals surface area (Å²) in [6, 6.07) is 20.0. The normalized spacial score (nSPS) is 10.5. The molecular formula is C21H25N5. The number of anilines is 4. The third-order valence-electron chi connectivity index (χ3n) is 4.22. The molecule has 0 fully saturated rings. The highest BCUT2D eigenvalue weighted by atomic mass is 15.2. The van der Waals surface area contributed by atoms with Crippen LogP contribution in [0.5, 0.6) is 0 Å². The zero-order valence-corrected chi connectivity index (χ0v) is 15.3. The first kappa shape index (κ1) is 17.7. The average molecular weight is 347 g/mol. The molecule has 0 aliphatic rings. The molecule has 3 rings (SSSR count). The molecule has 134 valence electrons. The minimum absolute atomic E-state index is 0.589. The van der Waals surface area contributed by atoms with Crippen LogP contribution in [-0.4, -0.2) is 23.1 Å². The molecule has 26 heavy (non-hydrogen) atoms. The molecule has 5 heteroatoms. The molecule has 0 aliphatic carbocycles. The molecule has 0 amide bonds. The van der Waals surface area contributed by atoms with Gasteiger partial charge in [0.25, 0.3) is 0 Å². The van der Waals surface area contributed by atoms with Crippen LogP contribution in [-0.2, 0) is 6.42 Å². The SMILES string of the molecule is CCN(CC)c1cc(Cc2ccccc2)nc(Nc2cccc(N)c2)n1. The first-order valence-electron chi connectivity index (χ1n) is 8.97. The molecule has 0 saturated carbocycles. The van der Waals surface area contributed by atoms with Gasteiger partial charge in [0.05, 0.1) is 5.69 Å². The molecule has 0 saturated heterocycles. The Morgan fingerprint density at radius 2 is 1.69 bits per heavy atom. The zero-order valence-electron chi connectivity index (χ0n) is 15.3. The molecule has 3 N–H and O–H groups in total. The fraction of sp³-hybridized carbons (Fsp3) is 0.238. The highest BCUT2D eigenvalue weighted by Gasteiger charge is 2.10. The van der Waals surface area contributed by atoms with E-state index in [0.29, 0.717) is 11.6 Å². The zero-order chi connectivity index (χ0) is 18.4. The number of aromatic nitrogens is 2. The Kier molecular flexibility index (Phi) is 5.69. The summed E-state index contributed by atoms with van der Waals surface area (Å²) >= 11 is 0. The smallest absolute Gasteiger partial charge is 0.229 e. The second-order valence-corrected chi connectivity index (χ2v) is 6.13. The lowest BCUT2D eigenvalue weighted by Gasteiger charge is -2.21. The van der Waals surface area contributed by atoms with Crippen LogP contribution < -0.4 is 16.0 Å². The standard InChI is InChI=1S/C21H25N5/c1-3-26(4-2)20-15-19(13-16-9-6-5-7-10-16)24-21(25-20)23-18-12-8-11-17(22)14-18/h5-12,14-15H,3-4,13,22H2,1-2H3,(H,23,24,25). The van der Waals surface area contributed by atoms with E-state index in [0.717, 1.165) is 36.7 Å². The summed E-state index contributed by atoms with van der Waals surface area (Å²) in [5.74, 6) is 1.52. The Morgan fingerprint density at radius 3 is 2.38 bits per heavy atom. The maximum atomic E-state index is 5.88. The van der Waals surface area contributed by atoms with Crippen molar-refractivity contribution in [3.8, 4) is 0 Å². The molecule has 0 unspecified atom stereocenters. The largest absolute Gasteiger partial charge is 0.399 e. The Labute approximate surface area is 154 Å². The molecular weight excluding hydrogens is 322 g/mol. The summed E-state index contributed by atoms with van der Waals surface area (Å²) < 4.78 is 0. The van der Waals surface area contributed by atoms with Gasteiger partial charge in [-0.2, -0.15) is 4.98 Å². The van der Waals surface area contributed by atoms with E-state index in [9.17, 15) is 0 Å². The third-order valence-corrected chi connectivity index (χ3v) is 4.22. The second-order valence-electron chi connectivity index (χ2n) is 6.13. The van der Waals surface area contributed by atoms with Crippen molar-refractivity contribution in [1.29, 1.82) is 0 Å². The van der Waals surface area contributed by atoms with Crippen molar-refractivity contribution in [3.63, 3.8) is 0 Å². The van der Waals surface area contributed by atoms with Crippen molar-refractivity contribution in [2.45, 2.75) is 20.3 Å². The lowest BCUT2D eigenvalue weighted by atomic mass is 10.1. The molecule has 0 aliphatic heterocycles. The van der Waals surface area contributed by atoms with Crippen LogP contribution in [0.25, 0.3) is 0 Å². The van der Waals surface area contributed by atoms with Crippen molar-refractivity contribution >= 4 is 23.1 Å². The van der Waals surface area contributed by atoms with E-state index in [-0.39, 0.29) is 0 Å². The molecule has 5 nitrogen and oxygen atoms in total. The van der Waals surface area contributed by atoms with E-state index in [1.54, 1.807) is 0 Å². The van der Waals surface area contributed by atoms with Crippen molar-refractivity contribution in [2.24, 2.45) is 0 Å². The van der Waals surface area contributed by atoms with Gasteiger partial charge < -0.3 is 16.0 Å². The summed E-state index contributed by atoms with van der Waals surface area (Å²) in [4.78, 5) is 11.6. The fourth-order valence-electron chi connectivity index (χ4n) is 2.89. The Hall–Kier alpha value is -3.08. The molecule has 0 spiro atoms. The van der Waals surface area contributed by atoms with Gasteiger partial charge in [-0.25, -0.2) is 4.98 Å². The molecule has 1 heterocycles. The molecule has 0 radical (unpaired) electrons. The number of nitrogens with one attached hydrogen (secondary N) is 1. The van der Waals surface area contributed by atoms with Crippen LogP contribution in [0.3, 0.4) is 0 Å². The van der Waals surface area contributed by atoms with Gasteiger partial charge in [0.15, 0.2) is 0 Å². The van der Waals surface area contributed by atoms with Gasteiger partial charge in [-0.1, -0.05) is 36.4 Å². The minimum Gasteiger partial charge on any atom is -0.399 e. The van der Waals surface area contributed by atoms with Crippen LogP contribution in [0.2, 0.25) is 0 Å². The molecule has 3 aromatic rings. The highest BCUT2D eigenvalue weighted by molar-refractivity contribution is 5.60. The summed E-state index contributed by atoms with van der Waals surface area (Å²) in [7, 11) is 0. The van der Waals surface area contributed by atoms with Crippen LogP contribution in [0, 0.1) is 0 Å². The molecule has 0 bridgehead atoms. The number of benzene rings is 2. The van der Waals surface area contributed by atoms with E-state index in [1.807, 2.05) is 42.5 Å². The van der Waals surface area contributed by atoms with Crippen LogP contribution in [0.1, 0.15) is 25.1 Å². The second kappa shape index (κ2) is 8.34. The van der Waals surface area contributed by atoms with Crippen molar-refractivity contribution in [1.82, 2.24) is 9.97 Å². The van der Waals surface area contributed by atoms with E-state index >= 15 is 0 Å². The van der Waals surface area contributed by atoms with Gasteiger partial charge in [-0.3, -0.25) is 0 Å². The lowest BCUT2D eigenvalue weighted by molar-refractivity contribution is 0.838. The average Bonchev–Trinajstić information content (AvgIpc) is 2.63. The van der Waals surface area contributed by atoms with Gasteiger partial charge in [0.1, 0.15) is 5.82 Å². The van der Waals surface area contributed by atoms with Crippen LogP contribution >= 0.6 is 0 Å². The van der Waals surface area contributed by atoms with E-state index in [4.69, 9.17) is 15.7 Å². The van der Waals surface area contributed by atoms with Gasteiger partial charge in [-0.15, -0.1) is 0 Å². The molecule has 1 aromatic heterocycles. The maximum Gasteiger partial charge on any atom is 0.229 e. The number of nitrogen functional groups attached to an aromatic ring is 1. The maximum absolute atomic E-state index is 5.88. The predicted octanol–water partition coefficient (Wildman–Crippen LogP) is 4.24. The van der Waals surface area contributed by atoms with Crippen molar-refractivity contribution < 1.29 is 0 Å². The van der Waals surface area contributed by atoms with Gasteiger partial charge in [0, 0.05) is 37.0 Å². The van der Waals surface area contributed by atoms with Gasteiger partial charge in [-0.05, 0) is 37.6 Å². The monoisotopic (exact) mass is 347 g/mol. The van der Waals surface area contributed by atoms with Crippen LogP contribution in [0.4, 0.5) is 23.1 Å². The molecule has 0 atom stereocenters. The predicted molar refractivity (Wildman–Crippen MR) is 109 cm³/mol. The first-order chi connectivity index (χ1) is 12.7. The van der Waals surface area contributed by atoms with Crippen LogP contribution in [0.15, 0.2) is 60.7 Å². The van der Waals surface area contributed by atoms with Crippen molar-refractivity contribution in [3.05, 3.63) is 71.9 Å². The third kappa shape index (κ3) is 4.51. The van der Waals surface area contributed by atoms with E-state index < -0.39 is 0 Å².